The minimum atomic E-state index is -3.75. The molecule has 2 aromatic carbocycles. The summed E-state index contributed by atoms with van der Waals surface area (Å²) in [5.41, 5.74) is 2.42. The van der Waals surface area contributed by atoms with E-state index >= 15 is 0 Å². The molecule has 2 aromatic rings. The van der Waals surface area contributed by atoms with Gasteiger partial charge in [-0.15, -0.1) is 0 Å². The van der Waals surface area contributed by atoms with Crippen LogP contribution in [0.4, 0.5) is 5.69 Å². The van der Waals surface area contributed by atoms with Gasteiger partial charge in [0.15, 0.2) is 6.10 Å². The van der Waals surface area contributed by atoms with Gasteiger partial charge in [-0.3, -0.25) is 9.59 Å². The summed E-state index contributed by atoms with van der Waals surface area (Å²) < 4.78 is 33.0. The maximum atomic E-state index is 13.1. The van der Waals surface area contributed by atoms with Crippen molar-refractivity contribution < 1.29 is 22.7 Å². The second-order valence-electron chi connectivity index (χ2n) is 7.85. The molecular weight excluding hydrogens is 418 g/mol. The van der Waals surface area contributed by atoms with Crippen LogP contribution in [0.15, 0.2) is 47.4 Å². The van der Waals surface area contributed by atoms with Crippen LogP contribution in [0.2, 0.25) is 0 Å². The highest BCUT2D eigenvalue weighted by atomic mass is 32.2. The number of piperazine rings is 1. The predicted octanol–water partition coefficient (Wildman–Crippen LogP) is 1.79. The molecule has 1 unspecified atom stereocenters. The van der Waals surface area contributed by atoms with Crippen LogP contribution in [0.3, 0.4) is 0 Å². The Bertz CT molecular complexity index is 1110. The molecule has 2 aliphatic heterocycles. The minimum Gasteiger partial charge on any atom is -0.479 e. The lowest BCUT2D eigenvalue weighted by Gasteiger charge is -2.34. The van der Waals surface area contributed by atoms with Crippen LogP contribution in [-0.4, -0.2) is 61.7 Å². The standard InChI is InChI=1S/C22H25N3O5S/c1-15-3-5-17(6-4-15)13-21(26)24-9-11-25(12-10-24)31(28,29)18-7-8-20-19(14-18)23-22(27)16(2)30-20/h3-8,14,16H,9-13H2,1-2H3,(H,23,27). The van der Waals surface area contributed by atoms with Crippen LogP contribution in [0.5, 0.6) is 5.75 Å². The first-order valence-electron chi connectivity index (χ1n) is 10.2. The topological polar surface area (TPSA) is 96.0 Å². The Morgan fingerprint density at radius 2 is 1.77 bits per heavy atom. The lowest BCUT2D eigenvalue weighted by Crippen LogP contribution is -2.50. The van der Waals surface area contributed by atoms with E-state index in [9.17, 15) is 18.0 Å². The molecule has 0 aromatic heterocycles. The fourth-order valence-electron chi connectivity index (χ4n) is 3.67. The smallest absolute Gasteiger partial charge is 0.265 e. The molecule has 0 aliphatic carbocycles. The number of ether oxygens (including phenoxy) is 1. The maximum absolute atomic E-state index is 13.1. The number of benzene rings is 2. The van der Waals surface area contributed by atoms with E-state index < -0.39 is 16.1 Å². The fraction of sp³-hybridized carbons (Fsp3) is 0.364. The number of anilines is 1. The molecule has 8 nitrogen and oxygen atoms in total. The highest BCUT2D eigenvalue weighted by Gasteiger charge is 2.32. The van der Waals surface area contributed by atoms with Gasteiger partial charge in [-0.2, -0.15) is 4.31 Å². The third-order valence-corrected chi connectivity index (χ3v) is 7.48. The van der Waals surface area contributed by atoms with Crippen LogP contribution >= 0.6 is 0 Å². The van der Waals surface area contributed by atoms with Crippen LogP contribution in [0, 0.1) is 6.92 Å². The minimum absolute atomic E-state index is 0.0105. The van der Waals surface area contributed by atoms with Gasteiger partial charge in [-0.1, -0.05) is 29.8 Å². The summed E-state index contributed by atoms with van der Waals surface area (Å²) in [4.78, 5) is 26.2. The Hall–Kier alpha value is -2.91. The Morgan fingerprint density at radius 1 is 1.10 bits per heavy atom. The molecular formula is C22H25N3O5S. The van der Waals surface area contributed by atoms with Crippen molar-refractivity contribution in [2.75, 3.05) is 31.5 Å². The number of carbonyl (C=O) groups is 2. The van der Waals surface area contributed by atoms with Gasteiger partial charge in [0.05, 0.1) is 17.0 Å². The van der Waals surface area contributed by atoms with Gasteiger partial charge in [-0.05, 0) is 37.6 Å². The summed E-state index contributed by atoms with van der Waals surface area (Å²) in [6.07, 6.45) is -0.323. The lowest BCUT2D eigenvalue weighted by atomic mass is 10.1. The Balaban J connectivity index is 1.41. The lowest BCUT2D eigenvalue weighted by molar-refractivity contribution is -0.131. The van der Waals surface area contributed by atoms with Crippen molar-refractivity contribution in [3.8, 4) is 5.75 Å². The second-order valence-corrected chi connectivity index (χ2v) is 9.79. The number of hydrogen-bond acceptors (Lipinski definition) is 5. The summed E-state index contributed by atoms with van der Waals surface area (Å²) in [6.45, 7) is 4.74. The van der Waals surface area contributed by atoms with Gasteiger partial charge in [0.25, 0.3) is 5.91 Å². The molecule has 1 fully saturated rings. The molecule has 0 bridgehead atoms. The molecule has 0 radical (unpaired) electrons. The van der Waals surface area contributed by atoms with E-state index in [2.05, 4.69) is 5.32 Å². The highest BCUT2D eigenvalue weighted by Crippen LogP contribution is 2.33. The maximum Gasteiger partial charge on any atom is 0.265 e. The zero-order valence-corrected chi connectivity index (χ0v) is 18.3. The average Bonchev–Trinajstić information content (AvgIpc) is 2.76. The average molecular weight is 444 g/mol. The van der Waals surface area contributed by atoms with E-state index in [-0.39, 0.29) is 29.8 Å². The molecule has 1 atom stereocenters. The van der Waals surface area contributed by atoms with Gasteiger partial charge in [0.1, 0.15) is 5.75 Å². The number of carbonyl (C=O) groups excluding carboxylic acids is 2. The van der Waals surface area contributed by atoms with Crippen molar-refractivity contribution in [2.24, 2.45) is 0 Å². The van der Waals surface area contributed by atoms with Gasteiger partial charge < -0.3 is 15.0 Å². The van der Waals surface area contributed by atoms with Crippen molar-refractivity contribution in [2.45, 2.75) is 31.3 Å². The number of nitrogens with zero attached hydrogens (tertiary/aromatic N) is 2. The first-order valence-corrected chi connectivity index (χ1v) is 11.6. The van der Waals surface area contributed by atoms with Crippen molar-refractivity contribution in [3.63, 3.8) is 0 Å². The fourth-order valence-corrected chi connectivity index (χ4v) is 5.12. The van der Waals surface area contributed by atoms with Gasteiger partial charge in [0, 0.05) is 26.2 Å². The Morgan fingerprint density at radius 3 is 2.45 bits per heavy atom. The molecule has 1 saturated heterocycles. The number of nitrogens with one attached hydrogen (secondary N) is 1. The summed E-state index contributed by atoms with van der Waals surface area (Å²) in [5, 5.41) is 2.67. The Kier molecular flexibility index (Phi) is 5.72. The molecule has 164 valence electrons. The first-order chi connectivity index (χ1) is 14.7. The zero-order chi connectivity index (χ0) is 22.2. The monoisotopic (exact) mass is 443 g/mol. The van der Waals surface area contributed by atoms with Crippen molar-refractivity contribution in [1.82, 2.24) is 9.21 Å². The summed E-state index contributed by atoms with van der Waals surface area (Å²) in [7, 11) is -3.75. The van der Waals surface area contributed by atoms with E-state index in [1.54, 1.807) is 17.9 Å². The van der Waals surface area contributed by atoms with Crippen LogP contribution in [0.1, 0.15) is 18.1 Å². The highest BCUT2D eigenvalue weighted by molar-refractivity contribution is 7.89. The molecule has 1 N–H and O–H groups in total. The molecule has 2 amide bonds. The van der Waals surface area contributed by atoms with Gasteiger partial charge in [0.2, 0.25) is 15.9 Å². The van der Waals surface area contributed by atoms with Crippen molar-refractivity contribution in [3.05, 3.63) is 53.6 Å². The third kappa shape index (κ3) is 4.42. The van der Waals surface area contributed by atoms with Gasteiger partial charge >= 0.3 is 0 Å². The molecule has 4 rings (SSSR count). The van der Waals surface area contributed by atoms with E-state index in [0.717, 1.165) is 11.1 Å². The van der Waals surface area contributed by atoms with Crippen LogP contribution in [-0.2, 0) is 26.0 Å². The predicted molar refractivity (Wildman–Crippen MR) is 115 cm³/mol. The van der Waals surface area contributed by atoms with E-state index in [1.165, 1.54) is 16.4 Å². The summed E-state index contributed by atoms with van der Waals surface area (Å²) >= 11 is 0. The van der Waals surface area contributed by atoms with Crippen LogP contribution < -0.4 is 10.1 Å². The largest absolute Gasteiger partial charge is 0.479 e. The number of amides is 2. The van der Waals surface area contributed by atoms with E-state index in [1.807, 2.05) is 31.2 Å². The second kappa shape index (κ2) is 8.32. The SMILES string of the molecule is Cc1ccc(CC(=O)N2CCN(S(=O)(=O)c3ccc4c(c3)NC(=O)C(C)O4)CC2)cc1. The first kappa shape index (κ1) is 21.3. The third-order valence-electron chi connectivity index (χ3n) is 5.59. The van der Waals surface area contributed by atoms with Gasteiger partial charge in [-0.25, -0.2) is 8.42 Å². The Labute approximate surface area is 181 Å². The van der Waals surface area contributed by atoms with Crippen molar-refractivity contribution >= 4 is 27.5 Å². The molecule has 0 spiro atoms. The molecule has 9 heteroatoms. The number of sulfonamides is 1. The molecule has 2 heterocycles. The van der Waals surface area contributed by atoms with E-state index in [0.29, 0.717) is 30.9 Å². The number of rotatable bonds is 4. The van der Waals surface area contributed by atoms with E-state index in [4.69, 9.17) is 4.74 Å². The normalized spacial score (nSPS) is 19.4. The quantitative estimate of drug-likeness (QED) is 0.777. The number of fused-ring (bicyclic) bond motifs is 1. The molecule has 2 aliphatic rings. The zero-order valence-electron chi connectivity index (χ0n) is 17.5. The molecule has 31 heavy (non-hydrogen) atoms. The summed E-state index contributed by atoms with van der Waals surface area (Å²) in [5.74, 6) is 0.115. The van der Waals surface area contributed by atoms with Crippen molar-refractivity contribution in [1.29, 1.82) is 0 Å². The van der Waals surface area contributed by atoms with Crippen LogP contribution in [0.25, 0.3) is 0 Å². The molecule has 0 saturated carbocycles. The summed E-state index contributed by atoms with van der Waals surface area (Å²) in [6, 6.07) is 12.3. The number of aryl methyl sites for hydroxylation is 1. The number of hydrogen-bond donors (Lipinski definition) is 1.